The third-order valence-corrected chi connectivity index (χ3v) is 2.60. The lowest BCUT2D eigenvalue weighted by molar-refractivity contribution is 0.590. The van der Waals surface area contributed by atoms with E-state index in [0.717, 1.165) is 18.9 Å². The van der Waals surface area contributed by atoms with Crippen LogP contribution < -0.4 is 5.32 Å². The van der Waals surface area contributed by atoms with Crippen LogP contribution in [0.1, 0.15) is 38.8 Å². The van der Waals surface area contributed by atoms with E-state index in [2.05, 4.69) is 57.3 Å². The van der Waals surface area contributed by atoms with Gasteiger partial charge in [0, 0.05) is 6.04 Å². The zero-order chi connectivity index (χ0) is 12.0. The van der Waals surface area contributed by atoms with Crippen molar-refractivity contribution in [2.24, 2.45) is 5.92 Å². The minimum absolute atomic E-state index is 0.582. The van der Waals surface area contributed by atoms with E-state index in [-0.39, 0.29) is 0 Å². The molecule has 1 heteroatoms. The number of rotatable bonds is 6. The van der Waals surface area contributed by atoms with Crippen molar-refractivity contribution in [3.05, 3.63) is 35.4 Å². The van der Waals surface area contributed by atoms with Crippen LogP contribution in [-0.2, 0) is 12.8 Å². The van der Waals surface area contributed by atoms with Gasteiger partial charge in [-0.25, -0.2) is 0 Å². The molecule has 1 rings (SSSR count). The van der Waals surface area contributed by atoms with Crippen LogP contribution >= 0.6 is 0 Å². The Morgan fingerprint density at radius 1 is 1.06 bits per heavy atom. The van der Waals surface area contributed by atoms with Crippen molar-refractivity contribution in [2.45, 2.75) is 46.6 Å². The van der Waals surface area contributed by atoms with Crippen molar-refractivity contribution < 1.29 is 0 Å². The van der Waals surface area contributed by atoms with E-state index in [1.807, 2.05) is 0 Å². The smallest absolute Gasteiger partial charge is 0.00105 e. The Labute approximate surface area is 100 Å². The lowest BCUT2D eigenvalue weighted by Gasteiger charge is -2.10. The summed E-state index contributed by atoms with van der Waals surface area (Å²) in [6.45, 7) is 9.99. The van der Waals surface area contributed by atoms with Crippen LogP contribution in [0.4, 0.5) is 0 Å². The van der Waals surface area contributed by atoms with Gasteiger partial charge in [-0.15, -0.1) is 0 Å². The zero-order valence-electron chi connectivity index (χ0n) is 11.1. The molecule has 1 aromatic carbocycles. The van der Waals surface area contributed by atoms with Gasteiger partial charge in [0.1, 0.15) is 0 Å². The molecule has 0 spiro atoms. The molecule has 90 valence electrons. The molecule has 0 aromatic heterocycles. The molecule has 16 heavy (non-hydrogen) atoms. The summed E-state index contributed by atoms with van der Waals surface area (Å²) in [7, 11) is 0. The second kappa shape index (κ2) is 6.70. The highest BCUT2D eigenvalue weighted by Gasteiger charge is 2.00. The fraction of sp³-hybridized carbons (Fsp3) is 0.600. The summed E-state index contributed by atoms with van der Waals surface area (Å²) < 4.78 is 0. The minimum atomic E-state index is 0.582. The largest absolute Gasteiger partial charge is 0.314 e. The Hall–Kier alpha value is -0.820. The van der Waals surface area contributed by atoms with E-state index in [4.69, 9.17) is 0 Å². The molecule has 0 saturated carbocycles. The number of nitrogens with one attached hydrogen (secondary N) is 1. The van der Waals surface area contributed by atoms with Crippen LogP contribution in [0, 0.1) is 5.92 Å². The predicted octanol–water partition coefficient (Wildman–Crippen LogP) is 3.43. The van der Waals surface area contributed by atoms with Crippen molar-refractivity contribution in [3.63, 3.8) is 0 Å². The van der Waals surface area contributed by atoms with Gasteiger partial charge in [-0.05, 0) is 36.4 Å². The molecular formula is C15H25N. The normalized spacial score (nSPS) is 11.4. The van der Waals surface area contributed by atoms with Crippen molar-refractivity contribution >= 4 is 0 Å². The summed E-state index contributed by atoms with van der Waals surface area (Å²) in [5.74, 6) is 0.740. The fourth-order valence-corrected chi connectivity index (χ4v) is 1.89. The van der Waals surface area contributed by atoms with Gasteiger partial charge < -0.3 is 5.32 Å². The van der Waals surface area contributed by atoms with Gasteiger partial charge in [-0.3, -0.25) is 0 Å². The molecule has 0 heterocycles. The van der Waals surface area contributed by atoms with Crippen LogP contribution in [0.25, 0.3) is 0 Å². The summed E-state index contributed by atoms with van der Waals surface area (Å²) in [6.07, 6.45) is 2.32. The Kier molecular flexibility index (Phi) is 5.54. The SMILES string of the molecule is CC(C)Cc1cccc(CCNC(C)C)c1. The lowest BCUT2D eigenvalue weighted by Crippen LogP contribution is -2.24. The van der Waals surface area contributed by atoms with E-state index in [9.17, 15) is 0 Å². The molecule has 0 unspecified atom stereocenters. The Balaban J connectivity index is 2.47. The molecular weight excluding hydrogens is 194 g/mol. The maximum absolute atomic E-state index is 3.45. The molecule has 0 bridgehead atoms. The molecule has 0 atom stereocenters. The van der Waals surface area contributed by atoms with Gasteiger partial charge in [0.15, 0.2) is 0 Å². The third-order valence-electron chi connectivity index (χ3n) is 2.60. The van der Waals surface area contributed by atoms with E-state index in [0.29, 0.717) is 6.04 Å². The zero-order valence-corrected chi connectivity index (χ0v) is 11.1. The molecule has 1 nitrogen and oxygen atoms in total. The monoisotopic (exact) mass is 219 g/mol. The second-order valence-corrected chi connectivity index (χ2v) is 5.28. The lowest BCUT2D eigenvalue weighted by atomic mass is 10.00. The van der Waals surface area contributed by atoms with Crippen molar-refractivity contribution in [3.8, 4) is 0 Å². The van der Waals surface area contributed by atoms with Crippen LogP contribution in [0.15, 0.2) is 24.3 Å². The van der Waals surface area contributed by atoms with Gasteiger partial charge in [-0.1, -0.05) is 52.0 Å². The average Bonchev–Trinajstić information content (AvgIpc) is 2.16. The molecule has 0 saturated heterocycles. The van der Waals surface area contributed by atoms with Crippen LogP contribution in [-0.4, -0.2) is 12.6 Å². The first-order chi connectivity index (χ1) is 7.58. The van der Waals surface area contributed by atoms with Crippen molar-refractivity contribution in [1.29, 1.82) is 0 Å². The molecule has 0 aliphatic carbocycles. The van der Waals surface area contributed by atoms with Crippen LogP contribution in [0.2, 0.25) is 0 Å². The highest BCUT2D eigenvalue weighted by atomic mass is 14.9. The molecule has 0 radical (unpaired) electrons. The highest BCUT2D eigenvalue weighted by Crippen LogP contribution is 2.10. The first-order valence-electron chi connectivity index (χ1n) is 6.39. The fourth-order valence-electron chi connectivity index (χ4n) is 1.89. The van der Waals surface area contributed by atoms with Gasteiger partial charge >= 0.3 is 0 Å². The molecule has 0 aliphatic heterocycles. The van der Waals surface area contributed by atoms with Crippen molar-refractivity contribution in [1.82, 2.24) is 5.32 Å². The van der Waals surface area contributed by atoms with Gasteiger partial charge in [0.05, 0.1) is 0 Å². The second-order valence-electron chi connectivity index (χ2n) is 5.28. The number of benzene rings is 1. The summed E-state index contributed by atoms with van der Waals surface area (Å²) in [5, 5.41) is 3.45. The Morgan fingerprint density at radius 3 is 2.38 bits per heavy atom. The molecule has 1 N–H and O–H groups in total. The van der Waals surface area contributed by atoms with E-state index in [1.54, 1.807) is 0 Å². The molecule has 0 fully saturated rings. The highest BCUT2D eigenvalue weighted by molar-refractivity contribution is 5.24. The van der Waals surface area contributed by atoms with E-state index < -0.39 is 0 Å². The standard InChI is InChI=1S/C15H25N/c1-12(2)10-15-7-5-6-14(11-15)8-9-16-13(3)4/h5-7,11-13,16H,8-10H2,1-4H3. The summed E-state index contributed by atoms with van der Waals surface area (Å²) in [6, 6.07) is 9.58. The van der Waals surface area contributed by atoms with E-state index in [1.165, 1.54) is 17.5 Å². The third kappa shape index (κ3) is 5.32. The van der Waals surface area contributed by atoms with Crippen LogP contribution in [0.5, 0.6) is 0 Å². The predicted molar refractivity (Wildman–Crippen MR) is 71.8 cm³/mol. The maximum Gasteiger partial charge on any atom is 0.00105 e. The maximum atomic E-state index is 3.45. The summed E-state index contributed by atoms with van der Waals surface area (Å²) >= 11 is 0. The molecule has 0 aliphatic rings. The minimum Gasteiger partial charge on any atom is -0.314 e. The van der Waals surface area contributed by atoms with Crippen molar-refractivity contribution in [2.75, 3.05) is 6.54 Å². The van der Waals surface area contributed by atoms with Crippen LogP contribution in [0.3, 0.4) is 0 Å². The van der Waals surface area contributed by atoms with Gasteiger partial charge in [0.25, 0.3) is 0 Å². The quantitative estimate of drug-likeness (QED) is 0.773. The van der Waals surface area contributed by atoms with Gasteiger partial charge in [-0.2, -0.15) is 0 Å². The summed E-state index contributed by atoms with van der Waals surface area (Å²) in [4.78, 5) is 0. The Bertz CT molecular complexity index is 302. The summed E-state index contributed by atoms with van der Waals surface area (Å²) in [5.41, 5.74) is 2.92. The Morgan fingerprint density at radius 2 is 1.75 bits per heavy atom. The average molecular weight is 219 g/mol. The number of hydrogen-bond donors (Lipinski definition) is 1. The number of hydrogen-bond acceptors (Lipinski definition) is 1. The van der Waals surface area contributed by atoms with E-state index >= 15 is 0 Å². The molecule has 1 aromatic rings. The first-order valence-corrected chi connectivity index (χ1v) is 6.39. The van der Waals surface area contributed by atoms with Gasteiger partial charge in [0.2, 0.25) is 0 Å². The first kappa shape index (κ1) is 13.2. The topological polar surface area (TPSA) is 12.0 Å². The molecule has 0 amide bonds.